The normalized spacial score (nSPS) is 11.9. The Morgan fingerprint density at radius 2 is 2.29 bits per heavy atom. The highest BCUT2D eigenvalue weighted by Crippen LogP contribution is 2.10. The third-order valence-corrected chi connectivity index (χ3v) is 1.88. The van der Waals surface area contributed by atoms with Crippen molar-refractivity contribution >= 4 is 12.3 Å². The minimum Gasteiger partial charge on any atom is -0.465 e. The molecule has 0 saturated carbocycles. The van der Waals surface area contributed by atoms with E-state index in [0.29, 0.717) is 11.3 Å². The van der Waals surface area contributed by atoms with E-state index in [1.165, 1.54) is 13.3 Å². The molecule has 1 heterocycles. The van der Waals surface area contributed by atoms with E-state index in [9.17, 15) is 9.59 Å². The summed E-state index contributed by atoms with van der Waals surface area (Å²) in [5, 5.41) is 0. The molecule has 1 aromatic heterocycles. The van der Waals surface area contributed by atoms with Gasteiger partial charge in [0.05, 0.1) is 24.3 Å². The molecule has 0 aliphatic heterocycles. The number of carbonyl (C=O) groups excluding carboxylic acids is 2. The molecule has 0 fully saturated rings. The van der Waals surface area contributed by atoms with Gasteiger partial charge >= 0.3 is 5.97 Å². The van der Waals surface area contributed by atoms with Crippen molar-refractivity contribution in [3.63, 3.8) is 0 Å². The summed E-state index contributed by atoms with van der Waals surface area (Å²) in [5.74, 6) is -0.676. The number of nitrogens with zero attached hydrogens (tertiary/aromatic N) is 1. The number of aldehydes is 1. The van der Waals surface area contributed by atoms with Gasteiger partial charge in [-0.3, -0.25) is 4.98 Å². The Kier molecular flexibility index (Phi) is 3.34. The third-order valence-electron chi connectivity index (χ3n) is 1.88. The Morgan fingerprint density at radius 3 is 2.71 bits per heavy atom. The van der Waals surface area contributed by atoms with Crippen molar-refractivity contribution in [2.24, 2.45) is 0 Å². The summed E-state index contributed by atoms with van der Waals surface area (Å²) in [6.07, 6.45) is 2.21. The number of methoxy groups -OCH3 is 1. The number of esters is 1. The van der Waals surface area contributed by atoms with Gasteiger partial charge in [0.2, 0.25) is 0 Å². The largest absolute Gasteiger partial charge is 0.465 e. The van der Waals surface area contributed by atoms with Crippen LogP contribution in [0.15, 0.2) is 18.3 Å². The molecule has 1 aromatic rings. The van der Waals surface area contributed by atoms with Crippen LogP contribution < -0.4 is 0 Å². The molecule has 0 radical (unpaired) electrons. The van der Waals surface area contributed by atoms with E-state index in [1.54, 1.807) is 19.1 Å². The van der Waals surface area contributed by atoms with Crippen LogP contribution in [0.5, 0.6) is 0 Å². The fourth-order valence-electron chi connectivity index (χ4n) is 0.983. The predicted molar refractivity (Wildman–Crippen MR) is 50.1 cm³/mol. The molecule has 4 nitrogen and oxygen atoms in total. The molecular weight excluding hydrogens is 182 g/mol. The fourth-order valence-corrected chi connectivity index (χ4v) is 0.983. The molecule has 0 spiro atoms. The smallest absolute Gasteiger partial charge is 0.339 e. The monoisotopic (exact) mass is 193 g/mol. The fraction of sp³-hybridized carbons (Fsp3) is 0.300. The Balaban J connectivity index is 2.88. The van der Waals surface area contributed by atoms with E-state index in [-0.39, 0.29) is 5.92 Å². The summed E-state index contributed by atoms with van der Waals surface area (Å²) >= 11 is 0. The van der Waals surface area contributed by atoms with Gasteiger partial charge in [-0.25, -0.2) is 4.79 Å². The molecule has 0 amide bonds. The lowest BCUT2D eigenvalue weighted by Crippen LogP contribution is -2.04. The molecule has 1 unspecified atom stereocenters. The van der Waals surface area contributed by atoms with Crippen molar-refractivity contribution in [2.45, 2.75) is 12.8 Å². The lowest BCUT2D eigenvalue weighted by molar-refractivity contribution is -0.108. The van der Waals surface area contributed by atoms with Crippen molar-refractivity contribution in [1.82, 2.24) is 4.98 Å². The maximum Gasteiger partial charge on any atom is 0.339 e. The molecule has 0 bridgehead atoms. The van der Waals surface area contributed by atoms with Crippen LogP contribution in [0.4, 0.5) is 0 Å². The minimum atomic E-state index is -0.428. The van der Waals surface area contributed by atoms with Gasteiger partial charge < -0.3 is 9.53 Å². The lowest BCUT2D eigenvalue weighted by atomic mass is 10.1. The van der Waals surface area contributed by atoms with Gasteiger partial charge in [-0.2, -0.15) is 0 Å². The number of pyridine rings is 1. The average Bonchev–Trinajstić information content (AvgIpc) is 2.27. The van der Waals surface area contributed by atoms with Gasteiger partial charge in [0, 0.05) is 6.20 Å². The maximum atomic E-state index is 11.0. The molecule has 0 aromatic carbocycles. The zero-order chi connectivity index (χ0) is 10.6. The molecule has 0 aliphatic carbocycles. The van der Waals surface area contributed by atoms with Gasteiger partial charge in [-0.1, -0.05) is 6.92 Å². The number of rotatable bonds is 3. The summed E-state index contributed by atoms with van der Waals surface area (Å²) in [7, 11) is 1.31. The number of ether oxygens (including phenoxy) is 1. The standard InChI is InChI=1S/C10H11NO3/c1-7(6-12)9-4-3-8(5-11-9)10(13)14-2/h3-7H,1-2H3. The Bertz CT molecular complexity index is 332. The lowest BCUT2D eigenvalue weighted by Gasteiger charge is -2.03. The Morgan fingerprint density at radius 1 is 1.57 bits per heavy atom. The van der Waals surface area contributed by atoms with Gasteiger partial charge in [-0.05, 0) is 12.1 Å². The number of hydrogen-bond donors (Lipinski definition) is 0. The number of aromatic nitrogens is 1. The number of hydrogen-bond acceptors (Lipinski definition) is 4. The van der Waals surface area contributed by atoms with Crippen LogP contribution in [0.25, 0.3) is 0 Å². The molecule has 4 heteroatoms. The van der Waals surface area contributed by atoms with Crippen LogP contribution in [0, 0.1) is 0 Å². The molecule has 0 saturated heterocycles. The first-order valence-electron chi connectivity index (χ1n) is 4.18. The Hall–Kier alpha value is -1.71. The van der Waals surface area contributed by atoms with Gasteiger partial charge in [0.25, 0.3) is 0 Å². The van der Waals surface area contributed by atoms with E-state index in [2.05, 4.69) is 9.72 Å². The first-order valence-corrected chi connectivity index (χ1v) is 4.18. The summed E-state index contributed by atoms with van der Waals surface area (Å²) in [6, 6.07) is 3.24. The second-order valence-electron chi connectivity index (χ2n) is 2.89. The first-order chi connectivity index (χ1) is 6.69. The second kappa shape index (κ2) is 4.50. The third kappa shape index (κ3) is 2.16. The van der Waals surface area contributed by atoms with Gasteiger partial charge in [0.1, 0.15) is 6.29 Å². The van der Waals surface area contributed by atoms with Crippen LogP contribution >= 0.6 is 0 Å². The minimum absolute atomic E-state index is 0.248. The van der Waals surface area contributed by atoms with Crippen molar-refractivity contribution in [1.29, 1.82) is 0 Å². The molecule has 74 valence electrons. The quantitative estimate of drug-likeness (QED) is 0.534. The zero-order valence-electron chi connectivity index (χ0n) is 8.06. The number of carbonyl (C=O) groups is 2. The van der Waals surface area contributed by atoms with Crippen molar-refractivity contribution in [2.75, 3.05) is 7.11 Å². The average molecular weight is 193 g/mol. The van der Waals surface area contributed by atoms with Crippen molar-refractivity contribution in [3.05, 3.63) is 29.6 Å². The topological polar surface area (TPSA) is 56.3 Å². The van der Waals surface area contributed by atoms with Crippen molar-refractivity contribution < 1.29 is 14.3 Å². The predicted octanol–water partition coefficient (Wildman–Crippen LogP) is 1.17. The van der Waals surface area contributed by atoms with Gasteiger partial charge in [0.15, 0.2) is 0 Å². The van der Waals surface area contributed by atoms with E-state index < -0.39 is 5.97 Å². The summed E-state index contributed by atoms with van der Waals surface area (Å²) in [6.45, 7) is 1.74. The first kappa shape index (κ1) is 10.4. The molecule has 0 aliphatic rings. The molecule has 0 N–H and O–H groups in total. The molecular formula is C10H11NO3. The SMILES string of the molecule is COC(=O)c1ccc(C(C)C=O)nc1. The summed E-state index contributed by atoms with van der Waals surface area (Å²) < 4.78 is 4.51. The van der Waals surface area contributed by atoms with Crippen LogP contribution in [0.2, 0.25) is 0 Å². The van der Waals surface area contributed by atoms with Crippen LogP contribution in [0.1, 0.15) is 28.9 Å². The highest BCUT2D eigenvalue weighted by atomic mass is 16.5. The Labute approximate surface area is 81.9 Å². The van der Waals surface area contributed by atoms with Gasteiger partial charge in [-0.15, -0.1) is 0 Å². The van der Waals surface area contributed by atoms with E-state index in [1.807, 2.05) is 0 Å². The van der Waals surface area contributed by atoms with Crippen LogP contribution in [-0.2, 0) is 9.53 Å². The van der Waals surface area contributed by atoms with E-state index in [4.69, 9.17) is 0 Å². The molecule has 1 atom stereocenters. The highest BCUT2D eigenvalue weighted by Gasteiger charge is 2.08. The van der Waals surface area contributed by atoms with E-state index in [0.717, 1.165) is 6.29 Å². The van der Waals surface area contributed by atoms with E-state index >= 15 is 0 Å². The van der Waals surface area contributed by atoms with Crippen molar-refractivity contribution in [3.8, 4) is 0 Å². The van der Waals surface area contributed by atoms with Crippen LogP contribution in [-0.4, -0.2) is 24.3 Å². The highest BCUT2D eigenvalue weighted by molar-refractivity contribution is 5.88. The summed E-state index contributed by atoms with van der Waals surface area (Å²) in [5.41, 5.74) is 1.03. The molecule has 1 rings (SSSR count). The van der Waals surface area contributed by atoms with Crippen LogP contribution in [0.3, 0.4) is 0 Å². The maximum absolute atomic E-state index is 11.0. The zero-order valence-corrected chi connectivity index (χ0v) is 8.06. The summed E-state index contributed by atoms with van der Waals surface area (Å²) in [4.78, 5) is 25.5. The second-order valence-corrected chi connectivity index (χ2v) is 2.89. The molecule has 14 heavy (non-hydrogen) atoms.